The minimum Gasteiger partial charge on any atom is -0.496 e. The van der Waals surface area contributed by atoms with Crippen LogP contribution in [0, 0.1) is 13.8 Å². The van der Waals surface area contributed by atoms with Crippen LogP contribution in [-0.4, -0.2) is 28.2 Å². The summed E-state index contributed by atoms with van der Waals surface area (Å²) in [4.78, 5) is 18.0. The summed E-state index contributed by atoms with van der Waals surface area (Å²) in [6.45, 7) is 4.05. The van der Waals surface area contributed by atoms with E-state index in [0.29, 0.717) is 6.42 Å². The molecule has 1 heterocycles. The van der Waals surface area contributed by atoms with Gasteiger partial charge in [0.15, 0.2) is 0 Å². The van der Waals surface area contributed by atoms with Gasteiger partial charge in [0.05, 0.1) is 25.6 Å². The van der Waals surface area contributed by atoms with Gasteiger partial charge in [-0.3, -0.25) is 4.79 Å². The Morgan fingerprint density at radius 3 is 2.70 bits per heavy atom. The molecule has 0 saturated heterocycles. The highest BCUT2D eigenvalue weighted by Crippen LogP contribution is 2.33. The Hall–Kier alpha value is -2.30. The van der Waals surface area contributed by atoms with Crippen LogP contribution in [-0.2, 0) is 11.2 Å². The van der Waals surface area contributed by atoms with Crippen molar-refractivity contribution in [3.8, 4) is 17.0 Å². The quantitative estimate of drug-likeness (QED) is 0.879. The predicted molar refractivity (Wildman–Crippen MR) is 76.0 cm³/mol. The first kappa shape index (κ1) is 14.1. The van der Waals surface area contributed by atoms with E-state index in [9.17, 15) is 4.79 Å². The van der Waals surface area contributed by atoms with E-state index in [1.54, 1.807) is 13.4 Å². The molecule has 0 spiro atoms. The molecule has 5 nitrogen and oxygen atoms in total. The monoisotopic (exact) mass is 274 g/mol. The Morgan fingerprint density at radius 2 is 2.05 bits per heavy atom. The zero-order chi connectivity index (χ0) is 14.7. The number of aliphatic carboxylic acids is 1. The van der Waals surface area contributed by atoms with Crippen LogP contribution in [0.5, 0.6) is 5.75 Å². The number of rotatable bonds is 5. The lowest BCUT2D eigenvalue weighted by atomic mass is 10.0. The van der Waals surface area contributed by atoms with Gasteiger partial charge in [-0.25, -0.2) is 4.98 Å². The van der Waals surface area contributed by atoms with Gasteiger partial charge in [-0.1, -0.05) is 0 Å². The molecule has 5 heteroatoms. The lowest BCUT2D eigenvalue weighted by Crippen LogP contribution is -2.00. The first-order chi connectivity index (χ1) is 9.52. The number of hydrogen-bond acceptors (Lipinski definition) is 3. The van der Waals surface area contributed by atoms with Gasteiger partial charge in [-0.05, 0) is 37.1 Å². The Bertz CT molecular complexity index is 632. The Morgan fingerprint density at radius 1 is 1.35 bits per heavy atom. The average Bonchev–Trinajstić information content (AvgIpc) is 2.87. The lowest BCUT2D eigenvalue weighted by molar-refractivity contribution is -0.136. The second-order valence-electron chi connectivity index (χ2n) is 4.76. The van der Waals surface area contributed by atoms with Gasteiger partial charge in [0.1, 0.15) is 5.75 Å². The van der Waals surface area contributed by atoms with Crippen molar-refractivity contribution in [2.45, 2.75) is 26.7 Å². The Balaban J connectivity index is 2.44. The molecule has 2 aromatic rings. The topological polar surface area (TPSA) is 75.2 Å². The minimum atomic E-state index is -0.822. The fourth-order valence-corrected chi connectivity index (χ4v) is 2.12. The van der Waals surface area contributed by atoms with Gasteiger partial charge in [-0.15, -0.1) is 0 Å². The van der Waals surface area contributed by atoms with E-state index in [1.165, 1.54) is 0 Å². The molecule has 0 aliphatic carbocycles. The molecule has 0 fully saturated rings. The average molecular weight is 274 g/mol. The number of nitrogens with one attached hydrogen (secondary N) is 1. The fourth-order valence-electron chi connectivity index (χ4n) is 2.12. The molecule has 20 heavy (non-hydrogen) atoms. The number of aryl methyl sites for hydroxylation is 3. The number of imidazole rings is 1. The third-order valence-electron chi connectivity index (χ3n) is 3.38. The summed E-state index contributed by atoms with van der Waals surface area (Å²) >= 11 is 0. The molecule has 106 valence electrons. The van der Waals surface area contributed by atoms with E-state index in [2.05, 4.69) is 9.97 Å². The van der Waals surface area contributed by atoms with Crippen LogP contribution in [0.2, 0.25) is 0 Å². The van der Waals surface area contributed by atoms with Gasteiger partial charge < -0.3 is 14.8 Å². The second-order valence-corrected chi connectivity index (χ2v) is 4.76. The molecule has 1 aromatic heterocycles. The zero-order valence-electron chi connectivity index (χ0n) is 11.9. The van der Waals surface area contributed by atoms with Crippen molar-refractivity contribution in [2.75, 3.05) is 7.11 Å². The van der Waals surface area contributed by atoms with Crippen molar-refractivity contribution in [2.24, 2.45) is 0 Å². The maximum atomic E-state index is 10.7. The predicted octanol–water partition coefficient (Wildman–Crippen LogP) is 2.72. The first-order valence-electron chi connectivity index (χ1n) is 6.42. The number of H-pyrrole nitrogens is 1. The smallest absolute Gasteiger partial charge is 0.303 e. The number of aromatic amines is 1. The van der Waals surface area contributed by atoms with E-state index in [0.717, 1.165) is 33.8 Å². The third-order valence-corrected chi connectivity index (χ3v) is 3.38. The van der Waals surface area contributed by atoms with Crippen LogP contribution in [0.15, 0.2) is 18.5 Å². The molecule has 0 aliphatic rings. The summed E-state index contributed by atoms with van der Waals surface area (Å²) < 4.78 is 5.42. The molecule has 0 aliphatic heterocycles. The van der Waals surface area contributed by atoms with Crippen molar-refractivity contribution < 1.29 is 14.6 Å². The maximum Gasteiger partial charge on any atom is 0.303 e. The van der Waals surface area contributed by atoms with Crippen molar-refractivity contribution in [1.29, 1.82) is 0 Å². The van der Waals surface area contributed by atoms with Crippen LogP contribution in [0.3, 0.4) is 0 Å². The fraction of sp³-hybridized carbons (Fsp3) is 0.333. The van der Waals surface area contributed by atoms with Gasteiger partial charge in [0.25, 0.3) is 0 Å². The van der Waals surface area contributed by atoms with Crippen molar-refractivity contribution in [3.05, 3.63) is 35.3 Å². The zero-order valence-corrected chi connectivity index (χ0v) is 11.9. The lowest BCUT2D eigenvalue weighted by Gasteiger charge is -2.11. The maximum absolute atomic E-state index is 10.7. The normalized spacial score (nSPS) is 10.6. The number of carbonyl (C=O) groups is 1. The molecule has 2 rings (SSSR count). The molecular weight excluding hydrogens is 256 g/mol. The number of benzene rings is 1. The number of methoxy groups -OCH3 is 1. The van der Waals surface area contributed by atoms with Crippen molar-refractivity contribution in [1.82, 2.24) is 9.97 Å². The van der Waals surface area contributed by atoms with Crippen LogP contribution in [0.25, 0.3) is 11.3 Å². The number of ether oxygens (including phenoxy) is 1. The summed E-state index contributed by atoms with van der Waals surface area (Å²) in [6.07, 6.45) is 2.07. The number of carboxylic acid groups (broad SMARTS) is 1. The molecule has 0 saturated carbocycles. The summed E-state index contributed by atoms with van der Waals surface area (Å²) in [7, 11) is 1.62. The molecule has 0 bridgehead atoms. The molecule has 0 radical (unpaired) electrons. The highest BCUT2D eigenvalue weighted by atomic mass is 16.5. The van der Waals surface area contributed by atoms with Gasteiger partial charge in [0.2, 0.25) is 0 Å². The third kappa shape index (κ3) is 2.82. The van der Waals surface area contributed by atoms with Crippen LogP contribution >= 0.6 is 0 Å². The van der Waals surface area contributed by atoms with Gasteiger partial charge in [0, 0.05) is 17.7 Å². The molecule has 1 aromatic carbocycles. The first-order valence-corrected chi connectivity index (χ1v) is 6.42. The van der Waals surface area contributed by atoms with Crippen molar-refractivity contribution in [3.63, 3.8) is 0 Å². The molecule has 0 unspecified atom stereocenters. The molecule has 2 N–H and O–H groups in total. The van der Waals surface area contributed by atoms with Gasteiger partial charge in [-0.2, -0.15) is 0 Å². The van der Waals surface area contributed by atoms with E-state index in [1.807, 2.05) is 26.0 Å². The highest BCUT2D eigenvalue weighted by Gasteiger charge is 2.15. The largest absolute Gasteiger partial charge is 0.496 e. The van der Waals surface area contributed by atoms with Crippen molar-refractivity contribution >= 4 is 5.97 Å². The number of aromatic nitrogens is 2. The number of carboxylic acids is 1. The molecule has 0 atom stereocenters. The van der Waals surface area contributed by atoms with E-state index < -0.39 is 5.97 Å². The van der Waals surface area contributed by atoms with Crippen LogP contribution < -0.4 is 4.74 Å². The van der Waals surface area contributed by atoms with Crippen LogP contribution in [0.4, 0.5) is 0 Å². The van der Waals surface area contributed by atoms with Crippen LogP contribution in [0.1, 0.15) is 23.2 Å². The molecule has 0 amide bonds. The summed E-state index contributed by atoms with van der Waals surface area (Å²) in [5.74, 6) is -0.0747. The Kier molecular flexibility index (Phi) is 4.08. The summed E-state index contributed by atoms with van der Waals surface area (Å²) in [5, 5.41) is 8.80. The Labute approximate surface area is 117 Å². The highest BCUT2D eigenvalue weighted by molar-refractivity contribution is 5.72. The van der Waals surface area contributed by atoms with E-state index in [-0.39, 0.29) is 6.42 Å². The standard InChI is InChI=1S/C15H18N2O3/c1-9-6-11(13(20-3)7-10(9)2)15-12(16-8-17-15)4-5-14(18)19/h6-8H,4-5H2,1-3H3,(H,16,17)(H,18,19). The second kappa shape index (κ2) is 5.77. The number of hydrogen-bond donors (Lipinski definition) is 2. The van der Waals surface area contributed by atoms with Gasteiger partial charge >= 0.3 is 5.97 Å². The van der Waals surface area contributed by atoms with E-state index in [4.69, 9.17) is 9.84 Å². The summed E-state index contributed by atoms with van der Waals surface area (Å²) in [5.41, 5.74) is 4.75. The van der Waals surface area contributed by atoms with E-state index >= 15 is 0 Å². The SMILES string of the molecule is COc1cc(C)c(C)cc1-c1nc[nH]c1CCC(=O)O. The number of nitrogens with zero attached hydrogens (tertiary/aromatic N) is 1. The molecular formula is C15H18N2O3. The minimum absolute atomic E-state index is 0.0718. The summed E-state index contributed by atoms with van der Waals surface area (Å²) in [6, 6.07) is 3.99.